The molecule has 1 aromatic carbocycles. The van der Waals surface area contributed by atoms with Crippen molar-refractivity contribution in [3.63, 3.8) is 0 Å². The Morgan fingerprint density at radius 2 is 2.00 bits per heavy atom. The molecule has 1 aliphatic heterocycles. The van der Waals surface area contributed by atoms with Gasteiger partial charge >= 0.3 is 0 Å². The fourth-order valence-corrected chi connectivity index (χ4v) is 3.42. The quantitative estimate of drug-likeness (QED) is 0.873. The monoisotopic (exact) mass is 371 g/mol. The molecule has 0 atom stereocenters. The molecule has 144 valence electrons. The number of carbonyl (C=O) groups excluding carboxylic acids is 2. The number of nitrogens with zero attached hydrogens (tertiary/aromatic N) is 2. The number of methoxy groups -OCH3 is 1. The second-order valence-corrected chi connectivity index (χ2v) is 6.67. The lowest BCUT2D eigenvalue weighted by Crippen LogP contribution is -2.41. The van der Waals surface area contributed by atoms with Crippen LogP contribution in [0, 0.1) is 12.8 Å². The van der Waals surface area contributed by atoms with Crippen molar-refractivity contribution in [3.05, 3.63) is 41.3 Å². The molecule has 0 spiro atoms. The Morgan fingerprint density at radius 3 is 2.67 bits per heavy atom. The molecule has 1 aliphatic rings. The van der Waals surface area contributed by atoms with Gasteiger partial charge < -0.3 is 19.5 Å². The molecule has 27 heavy (non-hydrogen) atoms. The van der Waals surface area contributed by atoms with Gasteiger partial charge in [-0.25, -0.2) is 0 Å². The number of carbonyl (C=O) groups is 2. The summed E-state index contributed by atoms with van der Waals surface area (Å²) in [7, 11) is 1.58. The van der Waals surface area contributed by atoms with Crippen molar-refractivity contribution in [3.8, 4) is 5.75 Å². The molecule has 1 aromatic heterocycles. The van der Waals surface area contributed by atoms with Crippen molar-refractivity contribution >= 4 is 17.5 Å². The summed E-state index contributed by atoms with van der Waals surface area (Å²) >= 11 is 0. The average Bonchev–Trinajstić information content (AvgIpc) is 3.08. The van der Waals surface area contributed by atoms with Gasteiger partial charge in [-0.05, 0) is 38.3 Å². The smallest absolute Gasteiger partial charge is 0.259 e. The standard InChI is InChI=1S/C20H25N3O4/c1-4-15-18(13(2)27-22-15)20(25)23-11-9-14(10-12-23)19(24)21-16-7-5-6-8-17(16)26-3/h5-8,14H,4,9-12H2,1-3H3,(H,21,24). The van der Waals surface area contributed by atoms with Gasteiger partial charge in [-0.1, -0.05) is 24.2 Å². The number of nitrogens with one attached hydrogen (secondary N) is 1. The van der Waals surface area contributed by atoms with Crippen molar-refractivity contribution in [1.29, 1.82) is 0 Å². The summed E-state index contributed by atoms with van der Waals surface area (Å²) < 4.78 is 10.4. The minimum atomic E-state index is -0.131. The molecule has 7 heteroatoms. The Bertz CT molecular complexity index is 822. The Kier molecular flexibility index (Phi) is 5.78. The van der Waals surface area contributed by atoms with E-state index in [9.17, 15) is 9.59 Å². The van der Waals surface area contributed by atoms with E-state index in [1.807, 2.05) is 31.2 Å². The predicted octanol–water partition coefficient (Wildman–Crippen LogP) is 3.04. The summed E-state index contributed by atoms with van der Waals surface area (Å²) in [6.45, 7) is 4.78. The highest BCUT2D eigenvalue weighted by molar-refractivity contribution is 5.97. The summed E-state index contributed by atoms with van der Waals surface area (Å²) in [5.74, 6) is 0.950. The maximum atomic E-state index is 12.8. The third-order valence-corrected chi connectivity index (χ3v) is 5.00. The molecule has 1 saturated heterocycles. The summed E-state index contributed by atoms with van der Waals surface area (Å²) in [5, 5.41) is 6.90. The van der Waals surface area contributed by atoms with Crippen LogP contribution in [0.1, 0.15) is 41.6 Å². The summed E-state index contributed by atoms with van der Waals surface area (Å²) in [6.07, 6.45) is 1.90. The number of likely N-dealkylation sites (tertiary alicyclic amines) is 1. The van der Waals surface area contributed by atoms with Gasteiger partial charge in [0.2, 0.25) is 5.91 Å². The first-order valence-corrected chi connectivity index (χ1v) is 9.23. The fourth-order valence-electron chi connectivity index (χ4n) is 3.42. The van der Waals surface area contributed by atoms with Crippen molar-refractivity contribution in [2.45, 2.75) is 33.1 Å². The first-order valence-electron chi connectivity index (χ1n) is 9.23. The minimum Gasteiger partial charge on any atom is -0.495 e. The Morgan fingerprint density at radius 1 is 1.30 bits per heavy atom. The van der Waals surface area contributed by atoms with Crippen LogP contribution in [0.2, 0.25) is 0 Å². The highest BCUT2D eigenvalue weighted by Gasteiger charge is 2.31. The first-order chi connectivity index (χ1) is 13.0. The van der Waals surface area contributed by atoms with Crippen LogP contribution in [0.5, 0.6) is 5.75 Å². The van der Waals surface area contributed by atoms with Crippen LogP contribution in [0.15, 0.2) is 28.8 Å². The lowest BCUT2D eigenvalue weighted by molar-refractivity contribution is -0.121. The number of benzene rings is 1. The fraction of sp³-hybridized carbons (Fsp3) is 0.450. The predicted molar refractivity (Wildman–Crippen MR) is 101 cm³/mol. The molecule has 3 rings (SSSR count). The zero-order valence-electron chi connectivity index (χ0n) is 15.9. The molecule has 2 amide bonds. The molecule has 0 aliphatic carbocycles. The first kappa shape index (κ1) is 18.9. The molecule has 2 aromatic rings. The molecular formula is C20H25N3O4. The van der Waals surface area contributed by atoms with Crippen LogP contribution >= 0.6 is 0 Å². The Labute approximate surface area is 158 Å². The van der Waals surface area contributed by atoms with Gasteiger partial charge in [0.15, 0.2) is 0 Å². The molecule has 0 radical (unpaired) electrons. The van der Waals surface area contributed by atoms with E-state index in [2.05, 4.69) is 10.5 Å². The number of ether oxygens (including phenoxy) is 1. The van der Waals surface area contributed by atoms with Gasteiger partial charge in [-0.3, -0.25) is 9.59 Å². The van der Waals surface area contributed by atoms with E-state index in [1.54, 1.807) is 18.9 Å². The molecule has 1 fully saturated rings. The highest BCUT2D eigenvalue weighted by Crippen LogP contribution is 2.27. The number of hydrogen-bond acceptors (Lipinski definition) is 5. The van der Waals surface area contributed by atoms with E-state index in [0.29, 0.717) is 60.8 Å². The summed E-state index contributed by atoms with van der Waals surface area (Å²) in [6, 6.07) is 7.34. The van der Waals surface area contributed by atoms with Crippen molar-refractivity contribution in [1.82, 2.24) is 10.1 Å². The van der Waals surface area contributed by atoms with Gasteiger partial charge in [0.1, 0.15) is 17.1 Å². The van der Waals surface area contributed by atoms with Crippen LogP contribution in [0.3, 0.4) is 0 Å². The molecule has 0 bridgehead atoms. The molecule has 1 N–H and O–H groups in total. The lowest BCUT2D eigenvalue weighted by Gasteiger charge is -2.31. The average molecular weight is 371 g/mol. The SMILES string of the molecule is CCc1noc(C)c1C(=O)N1CCC(C(=O)Nc2ccccc2OC)CC1. The maximum absolute atomic E-state index is 12.8. The van der Waals surface area contributed by atoms with Gasteiger partial charge in [0.05, 0.1) is 18.5 Å². The van der Waals surface area contributed by atoms with Gasteiger partial charge in [0, 0.05) is 19.0 Å². The Hall–Kier alpha value is -2.83. The normalized spacial score (nSPS) is 14.9. The highest BCUT2D eigenvalue weighted by atomic mass is 16.5. The van der Waals surface area contributed by atoms with E-state index >= 15 is 0 Å². The van der Waals surface area contributed by atoms with Crippen LogP contribution in [-0.4, -0.2) is 42.1 Å². The number of aromatic nitrogens is 1. The van der Waals surface area contributed by atoms with E-state index < -0.39 is 0 Å². The van der Waals surface area contributed by atoms with Gasteiger partial charge in [0.25, 0.3) is 5.91 Å². The second kappa shape index (κ2) is 8.24. The van der Waals surface area contributed by atoms with E-state index in [4.69, 9.17) is 9.26 Å². The zero-order valence-corrected chi connectivity index (χ0v) is 15.9. The largest absolute Gasteiger partial charge is 0.495 e. The topological polar surface area (TPSA) is 84.7 Å². The van der Waals surface area contributed by atoms with Crippen molar-refractivity contribution in [2.24, 2.45) is 5.92 Å². The molecular weight excluding hydrogens is 346 g/mol. The minimum absolute atomic E-state index is 0.0398. The lowest BCUT2D eigenvalue weighted by atomic mass is 9.95. The molecule has 2 heterocycles. The van der Waals surface area contributed by atoms with E-state index in [-0.39, 0.29) is 17.7 Å². The van der Waals surface area contributed by atoms with Gasteiger partial charge in [-0.15, -0.1) is 0 Å². The van der Waals surface area contributed by atoms with Gasteiger partial charge in [-0.2, -0.15) is 0 Å². The summed E-state index contributed by atoms with van der Waals surface area (Å²) in [5.41, 5.74) is 1.92. The van der Waals surface area contributed by atoms with E-state index in [0.717, 1.165) is 0 Å². The van der Waals surface area contributed by atoms with Crippen molar-refractivity contribution < 1.29 is 18.8 Å². The number of rotatable bonds is 5. The maximum Gasteiger partial charge on any atom is 0.259 e. The third kappa shape index (κ3) is 3.97. The summed E-state index contributed by atoms with van der Waals surface area (Å²) in [4.78, 5) is 27.2. The molecule has 0 unspecified atom stereocenters. The molecule has 7 nitrogen and oxygen atoms in total. The number of piperidine rings is 1. The number of hydrogen-bond donors (Lipinski definition) is 1. The number of anilines is 1. The van der Waals surface area contributed by atoms with Crippen LogP contribution in [-0.2, 0) is 11.2 Å². The van der Waals surface area contributed by atoms with Crippen molar-refractivity contribution in [2.75, 3.05) is 25.5 Å². The van der Waals surface area contributed by atoms with E-state index in [1.165, 1.54) is 0 Å². The third-order valence-electron chi connectivity index (χ3n) is 5.00. The number of aryl methyl sites for hydroxylation is 2. The zero-order chi connectivity index (χ0) is 19.4. The van der Waals surface area contributed by atoms with Crippen LogP contribution in [0.25, 0.3) is 0 Å². The van der Waals surface area contributed by atoms with Crippen LogP contribution < -0.4 is 10.1 Å². The van der Waals surface area contributed by atoms with Crippen LogP contribution in [0.4, 0.5) is 5.69 Å². The number of para-hydroxylation sites is 2. The molecule has 0 saturated carbocycles. The number of amides is 2. The second-order valence-electron chi connectivity index (χ2n) is 6.67. The Balaban J connectivity index is 1.60.